The van der Waals surface area contributed by atoms with E-state index in [-0.39, 0.29) is 6.10 Å². The Hall–Kier alpha value is -1.67. The van der Waals surface area contributed by atoms with Gasteiger partial charge >= 0.3 is 0 Å². The molecule has 1 nitrogen and oxygen atoms in total. The van der Waals surface area contributed by atoms with Crippen molar-refractivity contribution < 1.29 is 4.74 Å². The van der Waals surface area contributed by atoms with Gasteiger partial charge in [-0.05, 0) is 23.8 Å². The van der Waals surface area contributed by atoms with E-state index in [1.54, 1.807) is 0 Å². The number of ether oxygens (including phenoxy) is 1. The Kier molecular flexibility index (Phi) is 2.22. The minimum Gasteiger partial charge on any atom is -0.470 e. The lowest BCUT2D eigenvalue weighted by Crippen LogP contribution is -1.99. The summed E-state index contributed by atoms with van der Waals surface area (Å²) >= 11 is 5.23. The fourth-order valence-corrected chi connectivity index (χ4v) is 2.30. The summed E-state index contributed by atoms with van der Waals surface area (Å²) in [6.07, 6.45) is -0.0371. The van der Waals surface area contributed by atoms with Gasteiger partial charge in [-0.2, -0.15) is 0 Å². The Morgan fingerprint density at radius 2 is 1.56 bits per heavy atom. The number of hydrogen-bond donors (Lipinski definition) is 0. The zero-order valence-corrected chi connectivity index (χ0v) is 9.41. The molecular formula is C14H10OS. The summed E-state index contributed by atoms with van der Waals surface area (Å²) in [6.45, 7) is 0. The van der Waals surface area contributed by atoms with Gasteiger partial charge in [0.25, 0.3) is 0 Å². The van der Waals surface area contributed by atoms with E-state index >= 15 is 0 Å². The minimum absolute atomic E-state index is 0.0371. The standard InChI is InChI=1S/C14H10OS/c16-14-12-9-5-4-8-11(12)13(15-14)10-6-2-1-3-7-10/h1-9,13H/t13-/m0/s1. The predicted octanol–water partition coefficient (Wildman–Crippen LogP) is 3.48. The molecule has 0 aromatic heterocycles. The molecule has 2 aromatic carbocycles. The SMILES string of the molecule is S=C1O[C@@H](c2ccccc2)c2ccccc21. The fourth-order valence-electron chi connectivity index (χ4n) is 2.02. The van der Waals surface area contributed by atoms with E-state index in [0.29, 0.717) is 5.05 Å². The maximum atomic E-state index is 5.75. The van der Waals surface area contributed by atoms with E-state index in [9.17, 15) is 0 Å². The minimum atomic E-state index is -0.0371. The van der Waals surface area contributed by atoms with Crippen LogP contribution < -0.4 is 0 Å². The van der Waals surface area contributed by atoms with Gasteiger partial charge in [0, 0.05) is 11.1 Å². The van der Waals surface area contributed by atoms with Crippen LogP contribution in [0.2, 0.25) is 0 Å². The highest BCUT2D eigenvalue weighted by Crippen LogP contribution is 2.35. The summed E-state index contributed by atoms with van der Waals surface area (Å²) in [7, 11) is 0. The maximum absolute atomic E-state index is 5.75. The van der Waals surface area contributed by atoms with Gasteiger partial charge in [-0.3, -0.25) is 0 Å². The highest BCUT2D eigenvalue weighted by Gasteiger charge is 2.28. The van der Waals surface area contributed by atoms with Crippen molar-refractivity contribution in [2.45, 2.75) is 6.10 Å². The molecule has 3 rings (SSSR count). The monoisotopic (exact) mass is 226 g/mol. The van der Waals surface area contributed by atoms with E-state index in [2.05, 4.69) is 18.2 Å². The third-order valence-electron chi connectivity index (χ3n) is 2.79. The Labute approximate surface area is 99.7 Å². The van der Waals surface area contributed by atoms with E-state index < -0.39 is 0 Å². The smallest absolute Gasteiger partial charge is 0.192 e. The van der Waals surface area contributed by atoms with Crippen LogP contribution in [0.4, 0.5) is 0 Å². The first-order valence-corrected chi connectivity index (χ1v) is 5.62. The molecule has 0 amide bonds. The zero-order chi connectivity index (χ0) is 11.0. The summed E-state index contributed by atoms with van der Waals surface area (Å²) in [5.41, 5.74) is 3.36. The molecule has 1 heterocycles. The molecule has 0 bridgehead atoms. The summed E-state index contributed by atoms with van der Waals surface area (Å²) in [6, 6.07) is 18.3. The fraction of sp³-hybridized carbons (Fsp3) is 0.0714. The lowest BCUT2D eigenvalue weighted by atomic mass is 10.00. The molecule has 0 saturated carbocycles. The van der Waals surface area contributed by atoms with Crippen molar-refractivity contribution >= 4 is 17.3 Å². The van der Waals surface area contributed by atoms with Gasteiger partial charge in [0.05, 0.1) is 0 Å². The van der Waals surface area contributed by atoms with Gasteiger partial charge in [-0.1, -0.05) is 48.5 Å². The van der Waals surface area contributed by atoms with Crippen molar-refractivity contribution in [2.75, 3.05) is 0 Å². The first-order valence-electron chi connectivity index (χ1n) is 5.21. The third-order valence-corrected chi connectivity index (χ3v) is 3.11. The lowest BCUT2D eigenvalue weighted by molar-refractivity contribution is 0.259. The number of benzene rings is 2. The van der Waals surface area contributed by atoms with Crippen LogP contribution in [-0.2, 0) is 4.74 Å². The molecule has 0 unspecified atom stereocenters. The van der Waals surface area contributed by atoms with Gasteiger partial charge in [-0.25, -0.2) is 0 Å². The van der Waals surface area contributed by atoms with Crippen molar-refractivity contribution in [3.05, 3.63) is 71.3 Å². The van der Waals surface area contributed by atoms with Crippen LogP contribution in [-0.4, -0.2) is 5.05 Å². The quantitative estimate of drug-likeness (QED) is 0.688. The van der Waals surface area contributed by atoms with Crippen LogP contribution in [0.3, 0.4) is 0 Å². The molecule has 1 aliphatic heterocycles. The average molecular weight is 226 g/mol. The molecule has 2 aromatic rings. The topological polar surface area (TPSA) is 9.23 Å². The number of fused-ring (bicyclic) bond motifs is 1. The average Bonchev–Trinajstić information content (AvgIpc) is 2.69. The van der Waals surface area contributed by atoms with Crippen LogP contribution in [0.15, 0.2) is 54.6 Å². The Balaban J connectivity index is 2.11. The van der Waals surface area contributed by atoms with Gasteiger partial charge < -0.3 is 4.74 Å². The second kappa shape index (κ2) is 3.72. The molecule has 78 valence electrons. The molecule has 1 aliphatic rings. The Bertz CT molecular complexity index is 533. The van der Waals surface area contributed by atoms with E-state index in [1.807, 2.05) is 36.4 Å². The molecule has 0 saturated heterocycles. The first kappa shape index (κ1) is 9.55. The second-order valence-corrected chi connectivity index (χ2v) is 4.15. The van der Waals surface area contributed by atoms with Crippen molar-refractivity contribution in [1.29, 1.82) is 0 Å². The van der Waals surface area contributed by atoms with E-state index in [1.165, 1.54) is 5.56 Å². The number of rotatable bonds is 1. The second-order valence-electron chi connectivity index (χ2n) is 3.78. The molecule has 0 radical (unpaired) electrons. The van der Waals surface area contributed by atoms with Gasteiger partial charge in [0.15, 0.2) is 11.2 Å². The largest absolute Gasteiger partial charge is 0.470 e. The Morgan fingerprint density at radius 3 is 2.38 bits per heavy atom. The predicted molar refractivity (Wildman–Crippen MR) is 67.5 cm³/mol. The number of hydrogen-bond acceptors (Lipinski definition) is 2. The van der Waals surface area contributed by atoms with Crippen molar-refractivity contribution in [3.8, 4) is 0 Å². The van der Waals surface area contributed by atoms with E-state index in [0.717, 1.165) is 11.1 Å². The molecule has 0 N–H and O–H groups in total. The van der Waals surface area contributed by atoms with Crippen molar-refractivity contribution in [1.82, 2.24) is 0 Å². The highest BCUT2D eigenvalue weighted by molar-refractivity contribution is 7.80. The van der Waals surface area contributed by atoms with Gasteiger partial charge in [0.1, 0.15) is 0 Å². The summed E-state index contributed by atoms with van der Waals surface area (Å²) in [5, 5.41) is 0.601. The Morgan fingerprint density at radius 1 is 0.875 bits per heavy atom. The summed E-state index contributed by atoms with van der Waals surface area (Å²) < 4.78 is 5.75. The first-order chi connectivity index (χ1) is 7.86. The molecule has 2 heteroatoms. The van der Waals surface area contributed by atoms with Crippen molar-refractivity contribution in [2.24, 2.45) is 0 Å². The third kappa shape index (κ3) is 1.42. The molecule has 0 fully saturated rings. The van der Waals surface area contributed by atoms with Crippen LogP contribution in [0.5, 0.6) is 0 Å². The van der Waals surface area contributed by atoms with Crippen LogP contribution in [0, 0.1) is 0 Å². The van der Waals surface area contributed by atoms with Gasteiger partial charge in [-0.15, -0.1) is 0 Å². The maximum Gasteiger partial charge on any atom is 0.192 e. The zero-order valence-electron chi connectivity index (χ0n) is 8.59. The normalized spacial score (nSPS) is 18.0. The molecule has 0 aliphatic carbocycles. The molecule has 1 atom stereocenters. The molecule has 16 heavy (non-hydrogen) atoms. The van der Waals surface area contributed by atoms with E-state index in [4.69, 9.17) is 17.0 Å². The van der Waals surface area contributed by atoms with Gasteiger partial charge in [0.2, 0.25) is 0 Å². The van der Waals surface area contributed by atoms with Crippen molar-refractivity contribution in [3.63, 3.8) is 0 Å². The van der Waals surface area contributed by atoms with Crippen LogP contribution >= 0.6 is 12.2 Å². The molecular weight excluding hydrogens is 216 g/mol. The lowest BCUT2D eigenvalue weighted by Gasteiger charge is -2.11. The van der Waals surface area contributed by atoms with Crippen LogP contribution in [0.1, 0.15) is 22.8 Å². The highest BCUT2D eigenvalue weighted by atomic mass is 32.1. The van der Waals surface area contributed by atoms with Crippen LogP contribution in [0.25, 0.3) is 0 Å². The molecule has 0 spiro atoms. The summed E-state index contributed by atoms with van der Waals surface area (Å²) in [4.78, 5) is 0. The summed E-state index contributed by atoms with van der Waals surface area (Å²) in [5.74, 6) is 0. The number of thiocarbonyl (C=S) groups is 1.